The molecule has 1 unspecified atom stereocenters. The molecule has 2 aromatic heterocycles. The maximum atomic E-state index is 10.4. The molecule has 0 bridgehead atoms. The van der Waals surface area contributed by atoms with Crippen molar-refractivity contribution in [3.05, 3.63) is 10.5 Å². The van der Waals surface area contributed by atoms with Crippen LogP contribution in [0.15, 0.2) is 5.51 Å². The molecular weight excluding hydrogens is 372 g/mol. The molecule has 0 saturated heterocycles. The Hall–Kier alpha value is -1.94. The fourth-order valence-corrected chi connectivity index (χ4v) is 5.05. The number of rotatable bonds is 5. The fourth-order valence-electron chi connectivity index (χ4n) is 3.60. The summed E-state index contributed by atoms with van der Waals surface area (Å²) in [6, 6.07) is 0. The Morgan fingerprint density at radius 3 is 2.35 bits per heavy atom. The maximum absolute atomic E-state index is 10.4. The molecule has 0 radical (unpaired) electrons. The van der Waals surface area contributed by atoms with E-state index >= 15 is 0 Å². The van der Waals surface area contributed by atoms with E-state index in [2.05, 4.69) is 58.7 Å². The van der Waals surface area contributed by atoms with Crippen LogP contribution >= 0.6 is 22.7 Å². The Balaban J connectivity index is 0.000000254. The molecule has 1 saturated carbocycles. The second-order valence-corrected chi connectivity index (χ2v) is 9.48. The lowest BCUT2D eigenvalue weighted by atomic mass is 9.60. The van der Waals surface area contributed by atoms with Gasteiger partial charge in [0.05, 0.1) is 0 Å². The molecule has 1 aliphatic rings. The van der Waals surface area contributed by atoms with Crippen LogP contribution in [0.1, 0.15) is 57.9 Å². The first-order valence-electron chi connectivity index (χ1n) is 8.27. The lowest BCUT2D eigenvalue weighted by molar-refractivity contribution is -0.106. The average molecular weight is 397 g/mol. The van der Waals surface area contributed by atoms with Gasteiger partial charge in [-0.15, -0.1) is 20.4 Å². The molecule has 2 heterocycles. The van der Waals surface area contributed by atoms with Crippen molar-refractivity contribution in [2.24, 2.45) is 10.8 Å². The number of nitrogens with one attached hydrogen (secondary N) is 2. The van der Waals surface area contributed by atoms with E-state index in [1.807, 2.05) is 0 Å². The number of carbonyl (C=O) groups is 2. The number of aromatic nitrogens is 4. The number of amides is 2. The normalized spacial score (nSPS) is 20.4. The van der Waals surface area contributed by atoms with Gasteiger partial charge in [0, 0.05) is 5.92 Å². The number of carbonyl (C=O) groups excluding carboxylic acids is 2. The van der Waals surface area contributed by atoms with E-state index in [0.29, 0.717) is 34.4 Å². The summed E-state index contributed by atoms with van der Waals surface area (Å²) in [5, 5.41) is 22.4. The molecule has 1 atom stereocenters. The molecule has 0 spiro atoms. The van der Waals surface area contributed by atoms with Crippen LogP contribution in [0.3, 0.4) is 0 Å². The number of hydrogen-bond donors (Lipinski definition) is 2. The predicted octanol–water partition coefficient (Wildman–Crippen LogP) is 3.53. The molecule has 3 rings (SSSR count). The Kier molecular flexibility index (Phi) is 6.76. The van der Waals surface area contributed by atoms with Crippen LogP contribution < -0.4 is 10.6 Å². The van der Waals surface area contributed by atoms with Gasteiger partial charge < -0.3 is 10.6 Å². The summed E-state index contributed by atoms with van der Waals surface area (Å²) in [6.07, 6.45) is 4.79. The monoisotopic (exact) mass is 396 g/mol. The third-order valence-corrected chi connectivity index (χ3v) is 6.04. The van der Waals surface area contributed by atoms with Gasteiger partial charge in [0.15, 0.2) is 0 Å². The highest BCUT2D eigenvalue weighted by atomic mass is 32.1. The SMILES string of the molecule is CC1(C)CCC(c2nnc(NC=O)s2)C(C)(C)C1.O=CNc1nncs1. The first kappa shape index (κ1) is 20.4. The van der Waals surface area contributed by atoms with Crippen molar-refractivity contribution < 1.29 is 9.59 Å². The van der Waals surface area contributed by atoms with Crippen LogP contribution in [0.25, 0.3) is 0 Å². The van der Waals surface area contributed by atoms with Gasteiger partial charge in [-0.25, -0.2) is 0 Å². The summed E-state index contributed by atoms with van der Waals surface area (Å²) < 4.78 is 0. The van der Waals surface area contributed by atoms with Gasteiger partial charge in [-0.1, -0.05) is 50.4 Å². The van der Waals surface area contributed by atoms with E-state index < -0.39 is 0 Å². The summed E-state index contributed by atoms with van der Waals surface area (Å²) in [5.74, 6) is 0.449. The lowest BCUT2D eigenvalue weighted by Gasteiger charge is -2.45. The Bertz CT molecular complexity index is 714. The molecule has 2 aromatic rings. The van der Waals surface area contributed by atoms with Crippen LogP contribution in [0, 0.1) is 10.8 Å². The van der Waals surface area contributed by atoms with E-state index in [4.69, 9.17) is 0 Å². The van der Waals surface area contributed by atoms with E-state index in [-0.39, 0.29) is 5.41 Å². The van der Waals surface area contributed by atoms with Gasteiger partial charge in [0.2, 0.25) is 23.1 Å². The third-order valence-electron chi connectivity index (χ3n) is 4.45. The number of nitrogens with zero attached hydrogens (tertiary/aromatic N) is 4. The smallest absolute Gasteiger partial charge is 0.213 e. The van der Waals surface area contributed by atoms with Crippen LogP contribution in [-0.2, 0) is 9.59 Å². The van der Waals surface area contributed by atoms with Gasteiger partial charge in [-0.05, 0) is 30.1 Å². The standard InChI is InChI=1S/C13H21N3OS.C3H3N3OS/c1-12(2)6-5-9(13(3,4)7-12)10-15-16-11(18-10)14-8-17;7-1-4-3-6-5-2-8-3/h8-9H,5-7H2,1-4H3,(H,14,16,17);1-2H,(H,4,6,7). The van der Waals surface area contributed by atoms with Gasteiger partial charge in [0.25, 0.3) is 0 Å². The highest BCUT2D eigenvalue weighted by molar-refractivity contribution is 7.15. The molecular formula is C16H24N6O2S2. The molecule has 26 heavy (non-hydrogen) atoms. The molecule has 1 fully saturated rings. The maximum Gasteiger partial charge on any atom is 0.213 e. The zero-order valence-electron chi connectivity index (χ0n) is 15.4. The first-order valence-corrected chi connectivity index (χ1v) is 9.97. The molecule has 2 N–H and O–H groups in total. The van der Waals surface area contributed by atoms with Crippen LogP contribution in [0.4, 0.5) is 10.3 Å². The van der Waals surface area contributed by atoms with Crippen LogP contribution in [-0.4, -0.2) is 33.2 Å². The minimum atomic E-state index is 0.236. The van der Waals surface area contributed by atoms with E-state index in [0.717, 1.165) is 11.4 Å². The Morgan fingerprint density at radius 2 is 1.77 bits per heavy atom. The van der Waals surface area contributed by atoms with Crippen LogP contribution in [0.5, 0.6) is 0 Å². The first-order chi connectivity index (χ1) is 12.3. The molecule has 8 nitrogen and oxygen atoms in total. The second kappa shape index (κ2) is 8.63. The minimum Gasteiger partial charge on any atom is -0.303 e. The second-order valence-electron chi connectivity index (χ2n) is 7.63. The largest absolute Gasteiger partial charge is 0.303 e. The van der Waals surface area contributed by atoms with Gasteiger partial charge in [-0.3, -0.25) is 9.59 Å². The quantitative estimate of drug-likeness (QED) is 0.748. The summed E-state index contributed by atoms with van der Waals surface area (Å²) >= 11 is 2.78. The van der Waals surface area contributed by atoms with Gasteiger partial charge >= 0.3 is 0 Å². The molecule has 0 aliphatic heterocycles. The topological polar surface area (TPSA) is 110 Å². The summed E-state index contributed by atoms with van der Waals surface area (Å²) in [7, 11) is 0. The van der Waals surface area contributed by atoms with Crippen molar-refractivity contribution in [2.75, 3.05) is 10.6 Å². The molecule has 0 aromatic carbocycles. The lowest BCUT2D eigenvalue weighted by Crippen LogP contribution is -2.34. The van der Waals surface area contributed by atoms with Gasteiger partial charge in [0.1, 0.15) is 10.5 Å². The Morgan fingerprint density at radius 1 is 1.08 bits per heavy atom. The number of anilines is 2. The molecule has 142 valence electrons. The fraction of sp³-hybridized carbons (Fsp3) is 0.625. The zero-order valence-corrected chi connectivity index (χ0v) is 17.0. The minimum absolute atomic E-state index is 0.236. The summed E-state index contributed by atoms with van der Waals surface area (Å²) in [5.41, 5.74) is 2.19. The van der Waals surface area contributed by atoms with Crippen LogP contribution in [0.2, 0.25) is 0 Å². The molecule has 1 aliphatic carbocycles. The highest BCUT2D eigenvalue weighted by Gasteiger charge is 2.42. The van der Waals surface area contributed by atoms with E-state index in [9.17, 15) is 9.59 Å². The highest BCUT2D eigenvalue weighted by Crippen LogP contribution is 2.53. The van der Waals surface area contributed by atoms with Crippen molar-refractivity contribution in [3.8, 4) is 0 Å². The van der Waals surface area contributed by atoms with Gasteiger partial charge in [-0.2, -0.15) is 0 Å². The summed E-state index contributed by atoms with van der Waals surface area (Å²) in [6.45, 7) is 9.30. The predicted molar refractivity (Wildman–Crippen MR) is 103 cm³/mol. The van der Waals surface area contributed by atoms with E-state index in [1.165, 1.54) is 35.5 Å². The zero-order chi connectivity index (χ0) is 19.2. The molecule has 10 heteroatoms. The molecule has 2 amide bonds. The average Bonchev–Trinajstić information content (AvgIpc) is 3.19. The summed E-state index contributed by atoms with van der Waals surface area (Å²) in [4.78, 5) is 20.1. The third kappa shape index (κ3) is 5.53. The van der Waals surface area contributed by atoms with Crippen molar-refractivity contribution in [3.63, 3.8) is 0 Å². The van der Waals surface area contributed by atoms with E-state index in [1.54, 1.807) is 5.51 Å². The van der Waals surface area contributed by atoms with Crippen molar-refractivity contribution in [1.82, 2.24) is 20.4 Å². The van der Waals surface area contributed by atoms with Crippen molar-refractivity contribution in [1.29, 1.82) is 0 Å². The van der Waals surface area contributed by atoms with Crippen molar-refractivity contribution >= 4 is 45.8 Å². The Labute approximate surface area is 160 Å². The van der Waals surface area contributed by atoms with Crippen molar-refractivity contribution in [2.45, 2.75) is 52.9 Å². The number of hydrogen-bond acceptors (Lipinski definition) is 8.